The molecule has 8 nitrogen and oxygen atoms in total. The Bertz CT molecular complexity index is 1230. The average molecular weight is 431 g/mol. The van der Waals surface area contributed by atoms with E-state index < -0.39 is 0 Å². The number of aryl methyl sites for hydroxylation is 1. The van der Waals surface area contributed by atoms with Crippen LogP contribution in [0.1, 0.15) is 29.9 Å². The highest BCUT2D eigenvalue weighted by Gasteiger charge is 2.18. The minimum absolute atomic E-state index is 0.0166. The third kappa shape index (κ3) is 4.16. The van der Waals surface area contributed by atoms with Crippen molar-refractivity contribution in [2.75, 3.05) is 45.1 Å². The lowest BCUT2D eigenvalue weighted by Gasteiger charge is -2.32. The van der Waals surface area contributed by atoms with Gasteiger partial charge in [-0.15, -0.1) is 0 Å². The molecular formula is C24H30N8. The number of pyridine rings is 1. The molecule has 0 saturated carbocycles. The van der Waals surface area contributed by atoms with Gasteiger partial charge in [-0.3, -0.25) is 4.98 Å². The number of imidazole rings is 1. The first kappa shape index (κ1) is 20.8. The lowest BCUT2D eigenvalue weighted by molar-refractivity contribution is 0.155. The molecule has 166 valence electrons. The van der Waals surface area contributed by atoms with E-state index in [9.17, 15) is 0 Å². The van der Waals surface area contributed by atoms with Gasteiger partial charge in [0.05, 0.1) is 23.8 Å². The minimum atomic E-state index is -0.0166. The number of hydrogen-bond acceptors (Lipinski definition) is 7. The van der Waals surface area contributed by atoms with E-state index in [1.54, 1.807) is 12.7 Å². The average Bonchev–Trinajstić information content (AvgIpc) is 3.28. The molecule has 0 bridgehead atoms. The van der Waals surface area contributed by atoms with Gasteiger partial charge in [-0.1, -0.05) is 18.2 Å². The number of fused-ring (bicyclic) bond motifs is 2. The molecule has 1 saturated heterocycles. The Kier molecular flexibility index (Phi) is 5.71. The van der Waals surface area contributed by atoms with E-state index in [0.29, 0.717) is 5.82 Å². The maximum absolute atomic E-state index is 5.15. The number of aromatic nitrogens is 5. The van der Waals surface area contributed by atoms with E-state index in [2.05, 4.69) is 80.2 Å². The summed E-state index contributed by atoms with van der Waals surface area (Å²) >= 11 is 0. The van der Waals surface area contributed by atoms with Gasteiger partial charge in [0.1, 0.15) is 11.8 Å². The molecule has 4 aromatic rings. The van der Waals surface area contributed by atoms with Gasteiger partial charge in [-0.05, 0) is 37.9 Å². The predicted octanol–water partition coefficient (Wildman–Crippen LogP) is 3.17. The van der Waals surface area contributed by atoms with Crippen LogP contribution >= 0.6 is 0 Å². The molecule has 2 N–H and O–H groups in total. The summed E-state index contributed by atoms with van der Waals surface area (Å²) in [6, 6.07) is 8.68. The van der Waals surface area contributed by atoms with Gasteiger partial charge in [-0.2, -0.15) is 0 Å². The molecule has 3 aromatic heterocycles. The Morgan fingerprint density at radius 2 is 1.97 bits per heavy atom. The van der Waals surface area contributed by atoms with E-state index in [-0.39, 0.29) is 6.04 Å². The molecule has 0 aliphatic carbocycles. The molecule has 4 heterocycles. The van der Waals surface area contributed by atoms with Gasteiger partial charge in [0, 0.05) is 44.5 Å². The maximum Gasteiger partial charge on any atom is 0.162 e. The standard InChI is InChI=1S/C24H30N8/c1-16-5-4-6-18-13-20(17(2)29-24-22-23(26-14-25-22)27-15-28-24)30-19(21(16)18)7-8-32-11-9-31(3)10-12-32/h4-6,13-15,17H,7-12H2,1-3H3,(H2,25,26,27,28,29). The van der Waals surface area contributed by atoms with Crippen molar-refractivity contribution in [3.8, 4) is 0 Å². The Hall–Kier alpha value is -3.10. The van der Waals surface area contributed by atoms with Crippen molar-refractivity contribution in [3.63, 3.8) is 0 Å². The van der Waals surface area contributed by atoms with Crippen molar-refractivity contribution in [2.45, 2.75) is 26.3 Å². The summed E-state index contributed by atoms with van der Waals surface area (Å²) in [5.41, 5.74) is 4.94. The molecule has 1 fully saturated rings. The van der Waals surface area contributed by atoms with Crippen LogP contribution in [0.4, 0.5) is 5.82 Å². The molecule has 1 aromatic carbocycles. The number of likely N-dealkylation sites (N-methyl/N-ethyl adjacent to an activating group) is 1. The molecule has 0 radical (unpaired) electrons. The summed E-state index contributed by atoms with van der Waals surface area (Å²) in [7, 11) is 2.20. The van der Waals surface area contributed by atoms with Crippen molar-refractivity contribution in [1.29, 1.82) is 0 Å². The maximum atomic E-state index is 5.15. The third-order valence-corrected chi connectivity index (χ3v) is 6.44. The number of anilines is 1. The second kappa shape index (κ2) is 8.80. The quantitative estimate of drug-likeness (QED) is 0.486. The van der Waals surface area contributed by atoms with Crippen LogP contribution in [0.25, 0.3) is 21.9 Å². The molecular weight excluding hydrogens is 400 g/mol. The molecule has 1 aliphatic heterocycles. The van der Waals surface area contributed by atoms with Gasteiger partial charge in [0.25, 0.3) is 0 Å². The Balaban J connectivity index is 1.43. The summed E-state index contributed by atoms with van der Waals surface area (Å²) in [6.07, 6.45) is 4.14. The Labute approximate surface area is 188 Å². The number of rotatable bonds is 6. The number of nitrogens with one attached hydrogen (secondary N) is 2. The normalized spacial score (nSPS) is 16.6. The third-order valence-electron chi connectivity index (χ3n) is 6.44. The summed E-state index contributed by atoms with van der Waals surface area (Å²) in [4.78, 5) is 26.1. The van der Waals surface area contributed by atoms with E-state index in [1.807, 2.05) is 0 Å². The zero-order chi connectivity index (χ0) is 22.1. The zero-order valence-electron chi connectivity index (χ0n) is 19.0. The topological polar surface area (TPSA) is 85.9 Å². The van der Waals surface area contributed by atoms with Crippen molar-refractivity contribution < 1.29 is 0 Å². The summed E-state index contributed by atoms with van der Waals surface area (Å²) in [6.45, 7) is 9.85. The number of benzene rings is 1. The molecule has 0 spiro atoms. The van der Waals surface area contributed by atoms with E-state index in [4.69, 9.17) is 4.98 Å². The molecule has 8 heteroatoms. The van der Waals surface area contributed by atoms with Crippen LogP contribution < -0.4 is 5.32 Å². The van der Waals surface area contributed by atoms with E-state index >= 15 is 0 Å². The number of piperazine rings is 1. The van der Waals surface area contributed by atoms with Crippen LogP contribution in [0, 0.1) is 6.92 Å². The summed E-state index contributed by atoms with van der Waals surface area (Å²) < 4.78 is 0. The first-order valence-corrected chi connectivity index (χ1v) is 11.3. The van der Waals surface area contributed by atoms with Crippen LogP contribution in [-0.2, 0) is 6.42 Å². The fraction of sp³-hybridized carbons (Fsp3) is 0.417. The predicted molar refractivity (Wildman–Crippen MR) is 128 cm³/mol. The molecule has 5 rings (SSSR count). The fourth-order valence-corrected chi connectivity index (χ4v) is 4.50. The van der Waals surface area contributed by atoms with Gasteiger partial charge < -0.3 is 20.1 Å². The van der Waals surface area contributed by atoms with Crippen LogP contribution in [-0.4, -0.2) is 74.5 Å². The van der Waals surface area contributed by atoms with Crippen molar-refractivity contribution in [2.24, 2.45) is 0 Å². The van der Waals surface area contributed by atoms with Gasteiger partial charge >= 0.3 is 0 Å². The largest absolute Gasteiger partial charge is 0.360 e. The number of H-pyrrole nitrogens is 1. The monoisotopic (exact) mass is 430 g/mol. The lowest BCUT2D eigenvalue weighted by atomic mass is 10.00. The Morgan fingerprint density at radius 1 is 1.12 bits per heavy atom. The zero-order valence-corrected chi connectivity index (χ0v) is 19.0. The molecule has 0 amide bonds. The van der Waals surface area contributed by atoms with Gasteiger partial charge in [0.15, 0.2) is 11.5 Å². The molecule has 1 atom stereocenters. The summed E-state index contributed by atoms with van der Waals surface area (Å²) in [5, 5.41) is 6.02. The number of aromatic amines is 1. The van der Waals surface area contributed by atoms with Crippen LogP contribution in [0.5, 0.6) is 0 Å². The molecule has 1 aliphatic rings. The van der Waals surface area contributed by atoms with Crippen LogP contribution in [0.2, 0.25) is 0 Å². The first-order valence-electron chi connectivity index (χ1n) is 11.3. The highest BCUT2D eigenvalue weighted by molar-refractivity contribution is 5.88. The second-order valence-corrected chi connectivity index (χ2v) is 8.75. The van der Waals surface area contributed by atoms with Crippen molar-refractivity contribution in [1.82, 2.24) is 34.7 Å². The van der Waals surface area contributed by atoms with Crippen LogP contribution in [0.3, 0.4) is 0 Å². The summed E-state index contributed by atoms with van der Waals surface area (Å²) in [5.74, 6) is 0.717. The van der Waals surface area contributed by atoms with E-state index in [1.165, 1.54) is 22.0 Å². The second-order valence-electron chi connectivity index (χ2n) is 8.75. The highest BCUT2D eigenvalue weighted by atomic mass is 15.2. The van der Waals surface area contributed by atoms with Gasteiger partial charge in [0.2, 0.25) is 0 Å². The van der Waals surface area contributed by atoms with Gasteiger partial charge in [-0.25, -0.2) is 15.0 Å². The van der Waals surface area contributed by atoms with Crippen molar-refractivity contribution in [3.05, 3.63) is 53.9 Å². The van der Waals surface area contributed by atoms with Crippen molar-refractivity contribution >= 4 is 27.8 Å². The Morgan fingerprint density at radius 3 is 2.81 bits per heavy atom. The number of hydrogen-bond donors (Lipinski definition) is 2. The van der Waals surface area contributed by atoms with Crippen LogP contribution in [0.15, 0.2) is 36.9 Å². The smallest absolute Gasteiger partial charge is 0.162 e. The minimum Gasteiger partial charge on any atom is -0.360 e. The lowest BCUT2D eigenvalue weighted by Crippen LogP contribution is -2.45. The molecule has 32 heavy (non-hydrogen) atoms. The first-order chi connectivity index (χ1) is 15.6. The molecule has 1 unspecified atom stereocenters. The van der Waals surface area contributed by atoms with E-state index in [0.717, 1.165) is 56.0 Å². The number of nitrogens with zero attached hydrogens (tertiary/aromatic N) is 6. The highest BCUT2D eigenvalue weighted by Crippen LogP contribution is 2.27. The fourth-order valence-electron chi connectivity index (χ4n) is 4.50. The SMILES string of the molecule is Cc1cccc2cc(C(C)Nc3ncnc4[nH]cnc34)nc(CCN3CCN(C)CC3)c12.